The van der Waals surface area contributed by atoms with Gasteiger partial charge in [-0.15, -0.1) is 6.58 Å². The molecule has 0 aromatic heterocycles. The molecule has 0 fully saturated rings. The molecule has 1 aromatic rings. The summed E-state index contributed by atoms with van der Waals surface area (Å²) < 4.78 is 0. The van der Waals surface area contributed by atoms with Gasteiger partial charge in [0.25, 0.3) is 0 Å². The highest BCUT2D eigenvalue weighted by atomic mass is 15.1. The molecular weight excluding hydrogens is 198 g/mol. The van der Waals surface area contributed by atoms with E-state index in [0.717, 1.165) is 25.1 Å². The molecule has 0 aliphatic carbocycles. The third-order valence-electron chi connectivity index (χ3n) is 3.13. The molecule has 0 amide bonds. The Morgan fingerprint density at radius 1 is 1.50 bits per heavy atom. The number of benzene rings is 1. The first-order chi connectivity index (χ1) is 7.76. The van der Waals surface area contributed by atoms with E-state index in [1.165, 1.54) is 11.3 Å². The summed E-state index contributed by atoms with van der Waals surface area (Å²) in [6.07, 6.45) is 3.03. The number of rotatable bonds is 4. The predicted octanol–water partition coefficient (Wildman–Crippen LogP) is 1.19. The van der Waals surface area contributed by atoms with Crippen LogP contribution in [-0.2, 0) is 6.42 Å². The van der Waals surface area contributed by atoms with Gasteiger partial charge in [0, 0.05) is 31.4 Å². The second kappa shape index (κ2) is 4.68. The second-order valence-corrected chi connectivity index (χ2v) is 4.22. The van der Waals surface area contributed by atoms with Gasteiger partial charge in [0.05, 0.1) is 0 Å². The van der Waals surface area contributed by atoms with Crippen molar-refractivity contribution in [2.75, 3.05) is 24.5 Å². The molecule has 0 unspecified atom stereocenters. The van der Waals surface area contributed by atoms with E-state index in [9.17, 15) is 0 Å². The van der Waals surface area contributed by atoms with Crippen LogP contribution in [0.4, 0.5) is 5.69 Å². The minimum Gasteiger partial charge on any atom is -0.367 e. The van der Waals surface area contributed by atoms with Crippen LogP contribution >= 0.6 is 0 Å². The molecule has 1 atom stereocenters. The average Bonchev–Trinajstić information content (AvgIpc) is 2.71. The van der Waals surface area contributed by atoms with Crippen molar-refractivity contribution < 1.29 is 0 Å². The van der Waals surface area contributed by atoms with Crippen LogP contribution < -0.4 is 16.4 Å². The Hall–Kier alpha value is -1.32. The van der Waals surface area contributed by atoms with E-state index in [1.807, 2.05) is 6.08 Å². The van der Waals surface area contributed by atoms with Gasteiger partial charge in [0.1, 0.15) is 0 Å². The largest absolute Gasteiger partial charge is 0.367 e. The minimum absolute atomic E-state index is 0.0428. The maximum atomic E-state index is 5.93. The van der Waals surface area contributed by atoms with Gasteiger partial charge in [-0.3, -0.25) is 0 Å². The van der Waals surface area contributed by atoms with Crippen molar-refractivity contribution in [2.45, 2.75) is 12.5 Å². The van der Waals surface area contributed by atoms with E-state index < -0.39 is 0 Å². The summed E-state index contributed by atoms with van der Waals surface area (Å²) in [5, 5.41) is 0. The van der Waals surface area contributed by atoms with Gasteiger partial charge >= 0.3 is 0 Å². The zero-order chi connectivity index (χ0) is 11.5. The van der Waals surface area contributed by atoms with Gasteiger partial charge in [0.15, 0.2) is 0 Å². The fraction of sp³-hybridized carbons (Fsp3) is 0.385. The van der Waals surface area contributed by atoms with Crippen molar-refractivity contribution in [1.29, 1.82) is 0 Å². The quantitative estimate of drug-likeness (QED) is 0.745. The summed E-state index contributed by atoms with van der Waals surface area (Å²) in [7, 11) is 0. The Balaban J connectivity index is 2.25. The second-order valence-electron chi connectivity index (χ2n) is 4.22. The molecule has 16 heavy (non-hydrogen) atoms. The highest BCUT2D eigenvalue weighted by molar-refractivity contribution is 5.59. The molecule has 0 radical (unpaired) electrons. The molecule has 3 nitrogen and oxygen atoms in total. The van der Waals surface area contributed by atoms with Gasteiger partial charge in [-0.25, -0.2) is 0 Å². The third kappa shape index (κ3) is 1.96. The maximum Gasteiger partial charge on any atom is 0.0419 e. The van der Waals surface area contributed by atoms with Crippen LogP contribution in [0.2, 0.25) is 0 Å². The molecule has 0 saturated heterocycles. The summed E-state index contributed by atoms with van der Waals surface area (Å²) in [6.45, 7) is 6.26. The number of hydrogen-bond donors (Lipinski definition) is 2. The molecule has 4 N–H and O–H groups in total. The first-order valence-corrected chi connectivity index (χ1v) is 5.70. The number of nitrogens with zero attached hydrogens (tertiary/aromatic N) is 1. The Morgan fingerprint density at radius 3 is 3.00 bits per heavy atom. The monoisotopic (exact) mass is 217 g/mol. The number of anilines is 1. The molecular formula is C13H19N3. The van der Waals surface area contributed by atoms with Crippen LogP contribution in [0.5, 0.6) is 0 Å². The number of fused-ring (bicyclic) bond motifs is 1. The lowest BCUT2D eigenvalue weighted by Crippen LogP contribution is -2.21. The number of hydrogen-bond acceptors (Lipinski definition) is 3. The topological polar surface area (TPSA) is 55.3 Å². The fourth-order valence-corrected chi connectivity index (χ4v) is 2.20. The van der Waals surface area contributed by atoms with Gasteiger partial charge in [-0.2, -0.15) is 0 Å². The zero-order valence-electron chi connectivity index (χ0n) is 9.52. The Kier molecular flexibility index (Phi) is 3.27. The Morgan fingerprint density at radius 2 is 2.31 bits per heavy atom. The molecule has 3 heteroatoms. The minimum atomic E-state index is -0.0428. The van der Waals surface area contributed by atoms with E-state index >= 15 is 0 Å². The van der Waals surface area contributed by atoms with Crippen molar-refractivity contribution in [1.82, 2.24) is 0 Å². The van der Waals surface area contributed by atoms with Crippen molar-refractivity contribution in [3.63, 3.8) is 0 Å². The lowest BCUT2D eigenvalue weighted by Gasteiger charge is -2.18. The van der Waals surface area contributed by atoms with Crippen LogP contribution in [0.15, 0.2) is 30.9 Å². The maximum absolute atomic E-state index is 5.93. The average molecular weight is 217 g/mol. The first kappa shape index (κ1) is 11.2. The van der Waals surface area contributed by atoms with Crippen molar-refractivity contribution in [3.8, 4) is 0 Å². The summed E-state index contributed by atoms with van der Waals surface area (Å²) in [6, 6.07) is 6.38. The highest BCUT2D eigenvalue weighted by Crippen LogP contribution is 2.29. The van der Waals surface area contributed by atoms with Crippen LogP contribution in [-0.4, -0.2) is 19.6 Å². The smallest absolute Gasteiger partial charge is 0.0419 e. The predicted molar refractivity (Wildman–Crippen MR) is 68.5 cm³/mol. The lowest BCUT2D eigenvalue weighted by molar-refractivity contribution is 0.736. The van der Waals surface area contributed by atoms with Crippen LogP contribution in [0.3, 0.4) is 0 Å². The van der Waals surface area contributed by atoms with Crippen LogP contribution in [0, 0.1) is 0 Å². The molecule has 0 saturated carbocycles. The molecule has 86 valence electrons. The normalized spacial score (nSPS) is 16.0. The van der Waals surface area contributed by atoms with E-state index in [2.05, 4.69) is 29.7 Å². The van der Waals surface area contributed by atoms with Gasteiger partial charge in [-0.05, 0) is 23.6 Å². The molecule has 1 aliphatic rings. The van der Waals surface area contributed by atoms with Gasteiger partial charge in [-0.1, -0.05) is 18.2 Å². The van der Waals surface area contributed by atoms with Crippen molar-refractivity contribution in [2.24, 2.45) is 11.5 Å². The van der Waals surface area contributed by atoms with E-state index in [-0.39, 0.29) is 6.04 Å². The summed E-state index contributed by atoms with van der Waals surface area (Å²) in [4.78, 5) is 2.33. The van der Waals surface area contributed by atoms with E-state index in [1.54, 1.807) is 0 Å². The van der Waals surface area contributed by atoms with Gasteiger partial charge < -0.3 is 16.4 Å². The summed E-state index contributed by atoms with van der Waals surface area (Å²) in [5.74, 6) is 0. The molecule has 1 aliphatic heterocycles. The Labute approximate surface area is 96.7 Å². The first-order valence-electron chi connectivity index (χ1n) is 5.70. The highest BCUT2D eigenvalue weighted by Gasteiger charge is 2.18. The SMILES string of the molecule is C=CCN1CCc2cc([C@H](N)CN)ccc21. The fourth-order valence-electron chi connectivity index (χ4n) is 2.20. The summed E-state index contributed by atoms with van der Waals surface area (Å²) in [5.41, 5.74) is 15.3. The third-order valence-corrected chi connectivity index (χ3v) is 3.13. The van der Waals surface area contributed by atoms with Crippen LogP contribution in [0.25, 0.3) is 0 Å². The molecule has 0 bridgehead atoms. The molecule has 0 spiro atoms. The van der Waals surface area contributed by atoms with E-state index in [4.69, 9.17) is 11.5 Å². The van der Waals surface area contributed by atoms with Gasteiger partial charge in [0.2, 0.25) is 0 Å². The lowest BCUT2D eigenvalue weighted by atomic mass is 10.0. The standard InChI is InChI=1S/C13H19N3/c1-2-6-16-7-5-11-8-10(12(15)9-14)3-4-13(11)16/h2-4,8,12H,1,5-7,9,14-15H2/t12-/m1/s1. The van der Waals surface area contributed by atoms with Crippen LogP contribution in [0.1, 0.15) is 17.2 Å². The Bertz CT molecular complexity index is 387. The summed E-state index contributed by atoms with van der Waals surface area (Å²) >= 11 is 0. The van der Waals surface area contributed by atoms with Crippen molar-refractivity contribution in [3.05, 3.63) is 42.0 Å². The molecule has 1 heterocycles. The van der Waals surface area contributed by atoms with E-state index in [0.29, 0.717) is 6.54 Å². The molecule has 2 rings (SSSR count). The zero-order valence-corrected chi connectivity index (χ0v) is 9.52. The van der Waals surface area contributed by atoms with Crippen molar-refractivity contribution >= 4 is 5.69 Å². The molecule has 1 aromatic carbocycles. The number of nitrogens with two attached hydrogens (primary N) is 2.